The lowest BCUT2D eigenvalue weighted by Gasteiger charge is -2.05. The maximum Gasteiger partial charge on any atom is 0.306 e. The predicted molar refractivity (Wildman–Crippen MR) is 61.3 cm³/mol. The Bertz CT molecular complexity index is 614. The normalized spacial score (nSPS) is 10.4. The maximum absolute atomic E-state index is 13.5. The van der Waals surface area contributed by atoms with Gasteiger partial charge >= 0.3 is 5.69 Å². The van der Waals surface area contributed by atoms with Crippen molar-refractivity contribution in [3.63, 3.8) is 0 Å². The third-order valence-electron chi connectivity index (χ3n) is 2.13. The summed E-state index contributed by atoms with van der Waals surface area (Å²) < 4.78 is 20.3. The molecule has 0 fully saturated rings. The van der Waals surface area contributed by atoms with Crippen molar-refractivity contribution in [2.75, 3.05) is 0 Å². The predicted octanol–water partition coefficient (Wildman–Crippen LogP) is 2.91. The Hall–Kier alpha value is -2.15. The zero-order valence-corrected chi connectivity index (χ0v) is 9.89. The summed E-state index contributed by atoms with van der Waals surface area (Å²) >= 11 is 5.66. The largest absolute Gasteiger partial charge is 0.436 e. The smallest absolute Gasteiger partial charge is 0.306 e. The van der Waals surface area contributed by atoms with Crippen LogP contribution >= 0.6 is 11.6 Å². The van der Waals surface area contributed by atoms with Crippen molar-refractivity contribution in [1.29, 1.82) is 0 Å². The van der Waals surface area contributed by atoms with Crippen molar-refractivity contribution < 1.29 is 14.1 Å². The van der Waals surface area contributed by atoms with Gasteiger partial charge in [-0.05, 0) is 6.07 Å². The van der Waals surface area contributed by atoms with Crippen LogP contribution in [0.15, 0.2) is 24.4 Å². The molecule has 2 rings (SSSR count). The highest BCUT2D eigenvalue weighted by Gasteiger charge is 2.21. The number of benzene rings is 1. The van der Waals surface area contributed by atoms with Gasteiger partial charge in [0.2, 0.25) is 11.7 Å². The van der Waals surface area contributed by atoms with Gasteiger partial charge in [0.05, 0.1) is 4.92 Å². The summed E-state index contributed by atoms with van der Waals surface area (Å²) in [5.74, 6) is -0.943. The molecule has 0 aliphatic rings. The number of nitrogens with zero attached hydrogens (tertiary/aromatic N) is 3. The molecule has 0 unspecified atom stereocenters. The van der Waals surface area contributed by atoms with Crippen molar-refractivity contribution >= 4 is 17.3 Å². The van der Waals surface area contributed by atoms with E-state index in [1.54, 1.807) is 19.3 Å². The van der Waals surface area contributed by atoms with Crippen molar-refractivity contribution in [3.8, 4) is 11.6 Å². The van der Waals surface area contributed by atoms with Crippen molar-refractivity contribution in [2.24, 2.45) is 7.05 Å². The number of aryl methyl sites for hydroxylation is 1. The summed E-state index contributed by atoms with van der Waals surface area (Å²) in [6.45, 7) is 0. The molecule has 0 bridgehead atoms. The van der Waals surface area contributed by atoms with E-state index in [2.05, 4.69) is 5.10 Å². The summed E-state index contributed by atoms with van der Waals surface area (Å²) in [5.41, 5.74) is -0.701. The molecule has 6 nitrogen and oxygen atoms in total. The first kappa shape index (κ1) is 12.3. The molecule has 2 aromatic rings. The molecule has 1 heterocycles. The fraction of sp³-hybridized carbons (Fsp3) is 0.100. The van der Waals surface area contributed by atoms with E-state index in [0.717, 1.165) is 6.07 Å². The molecule has 0 N–H and O–H groups in total. The third-order valence-corrected chi connectivity index (χ3v) is 2.48. The Labute approximate surface area is 106 Å². The lowest BCUT2D eigenvalue weighted by Crippen LogP contribution is -1.96. The number of rotatable bonds is 3. The van der Waals surface area contributed by atoms with Crippen LogP contribution in [0.2, 0.25) is 5.02 Å². The van der Waals surface area contributed by atoms with Gasteiger partial charge in [-0.2, -0.15) is 4.39 Å². The van der Waals surface area contributed by atoms with Crippen LogP contribution in [0.5, 0.6) is 11.6 Å². The fourth-order valence-corrected chi connectivity index (χ4v) is 1.50. The number of aromatic nitrogens is 2. The van der Waals surface area contributed by atoms with E-state index in [0.29, 0.717) is 0 Å². The Morgan fingerprint density at radius 3 is 2.78 bits per heavy atom. The second-order valence-electron chi connectivity index (χ2n) is 3.40. The number of nitro benzene ring substituents is 1. The summed E-state index contributed by atoms with van der Waals surface area (Å²) in [5, 5.41) is 14.0. The van der Waals surface area contributed by atoms with E-state index in [9.17, 15) is 14.5 Å². The zero-order valence-electron chi connectivity index (χ0n) is 9.13. The molecule has 0 saturated heterocycles. The minimum atomic E-state index is -1.13. The molecule has 1 aromatic carbocycles. The van der Waals surface area contributed by atoms with Gasteiger partial charge in [-0.25, -0.2) is 0 Å². The summed E-state index contributed by atoms with van der Waals surface area (Å²) in [7, 11) is 1.69. The molecule has 0 saturated carbocycles. The molecular formula is C10H7ClFN3O3. The minimum Gasteiger partial charge on any atom is -0.436 e. The Balaban J connectivity index is 2.35. The second-order valence-corrected chi connectivity index (χ2v) is 3.78. The van der Waals surface area contributed by atoms with Gasteiger partial charge in [0, 0.05) is 25.4 Å². The number of halogens is 2. The number of ether oxygens (including phenoxy) is 1. The molecule has 94 valence electrons. The number of hydrogen-bond donors (Lipinski definition) is 0. The highest BCUT2D eigenvalue weighted by Crippen LogP contribution is 2.35. The highest BCUT2D eigenvalue weighted by molar-refractivity contribution is 6.32. The van der Waals surface area contributed by atoms with Gasteiger partial charge < -0.3 is 4.74 Å². The first-order valence-electron chi connectivity index (χ1n) is 4.79. The minimum absolute atomic E-state index is 0.0292. The average molecular weight is 272 g/mol. The maximum atomic E-state index is 13.5. The molecule has 0 aliphatic heterocycles. The van der Waals surface area contributed by atoms with Crippen LogP contribution in [0.25, 0.3) is 0 Å². The molecule has 0 atom stereocenters. The Morgan fingerprint density at radius 1 is 1.50 bits per heavy atom. The molecule has 8 heteroatoms. The Morgan fingerprint density at radius 2 is 2.22 bits per heavy atom. The van der Waals surface area contributed by atoms with Crippen molar-refractivity contribution in [2.45, 2.75) is 0 Å². The molecule has 0 radical (unpaired) electrons. The van der Waals surface area contributed by atoms with Crippen LogP contribution in [-0.4, -0.2) is 14.7 Å². The van der Waals surface area contributed by atoms with Gasteiger partial charge in [0.1, 0.15) is 5.02 Å². The van der Waals surface area contributed by atoms with E-state index in [-0.39, 0.29) is 11.6 Å². The molecule has 0 amide bonds. The quantitative estimate of drug-likeness (QED) is 0.636. The number of nitro groups is 1. The van der Waals surface area contributed by atoms with Crippen LogP contribution in [0.4, 0.5) is 10.1 Å². The standard InChI is InChI=1S/C10H7ClFN3O3/c1-14-5-4-8(13-14)18-7-3-2-6(15(16)17)10(12)9(7)11/h2-5H,1H3. The molecule has 0 aliphatic carbocycles. The summed E-state index contributed by atoms with van der Waals surface area (Å²) in [6.07, 6.45) is 1.63. The van der Waals surface area contributed by atoms with E-state index >= 15 is 0 Å². The van der Waals surface area contributed by atoms with Gasteiger partial charge in [0.25, 0.3) is 0 Å². The fourth-order valence-electron chi connectivity index (χ4n) is 1.30. The van der Waals surface area contributed by atoms with E-state index in [4.69, 9.17) is 16.3 Å². The molecule has 1 aromatic heterocycles. The van der Waals surface area contributed by atoms with Crippen LogP contribution in [-0.2, 0) is 7.05 Å². The van der Waals surface area contributed by atoms with Gasteiger partial charge in [-0.1, -0.05) is 11.6 Å². The van der Waals surface area contributed by atoms with Crippen molar-refractivity contribution in [3.05, 3.63) is 45.4 Å². The van der Waals surface area contributed by atoms with E-state index in [1.165, 1.54) is 10.7 Å². The first-order chi connectivity index (χ1) is 8.49. The average Bonchev–Trinajstić information content (AvgIpc) is 2.70. The van der Waals surface area contributed by atoms with Crippen LogP contribution < -0.4 is 4.74 Å². The zero-order chi connectivity index (χ0) is 13.3. The van der Waals surface area contributed by atoms with E-state index in [1.807, 2.05) is 0 Å². The van der Waals surface area contributed by atoms with Gasteiger partial charge in [-0.3, -0.25) is 14.8 Å². The molecular weight excluding hydrogens is 265 g/mol. The third kappa shape index (κ3) is 2.25. The van der Waals surface area contributed by atoms with Gasteiger partial charge in [0.15, 0.2) is 5.75 Å². The summed E-state index contributed by atoms with van der Waals surface area (Å²) in [6, 6.07) is 3.76. The monoisotopic (exact) mass is 271 g/mol. The molecule has 0 spiro atoms. The first-order valence-corrected chi connectivity index (χ1v) is 5.16. The van der Waals surface area contributed by atoms with Crippen LogP contribution in [0.3, 0.4) is 0 Å². The second kappa shape index (κ2) is 4.61. The summed E-state index contributed by atoms with van der Waals surface area (Å²) in [4.78, 5) is 9.64. The molecule has 18 heavy (non-hydrogen) atoms. The Kier molecular flexibility index (Phi) is 3.15. The topological polar surface area (TPSA) is 70.2 Å². The number of hydrogen-bond acceptors (Lipinski definition) is 4. The SMILES string of the molecule is Cn1ccc(Oc2ccc([N+](=O)[O-])c(F)c2Cl)n1. The lowest BCUT2D eigenvalue weighted by molar-refractivity contribution is -0.387. The van der Waals surface area contributed by atoms with Crippen LogP contribution in [0, 0.1) is 15.9 Å². The lowest BCUT2D eigenvalue weighted by atomic mass is 10.3. The van der Waals surface area contributed by atoms with Crippen molar-refractivity contribution in [1.82, 2.24) is 9.78 Å². The van der Waals surface area contributed by atoms with Crippen LogP contribution in [0.1, 0.15) is 0 Å². The van der Waals surface area contributed by atoms with Gasteiger partial charge in [-0.15, -0.1) is 5.10 Å². The highest BCUT2D eigenvalue weighted by atomic mass is 35.5. The van der Waals surface area contributed by atoms with E-state index < -0.39 is 21.5 Å².